The Hall–Kier alpha value is -0.280. The largest absolute Gasteiger partial charge is 0.394 e. The van der Waals surface area contributed by atoms with E-state index in [2.05, 4.69) is 0 Å². The first-order valence-corrected chi connectivity index (χ1v) is 5.54. The molecule has 5 atom stereocenters. The quantitative estimate of drug-likeness (QED) is 0.424. The Kier molecular flexibility index (Phi) is 5.74. The molecule has 0 radical (unpaired) electrons. The van der Waals surface area contributed by atoms with Crippen molar-refractivity contribution in [2.24, 2.45) is 0 Å². The zero-order valence-electron chi connectivity index (χ0n) is 10.1. The lowest BCUT2D eigenvalue weighted by Crippen LogP contribution is -2.59. The maximum atomic E-state index is 9.79. The third-order valence-corrected chi connectivity index (χ3v) is 2.69. The van der Waals surface area contributed by atoms with Crippen molar-refractivity contribution in [1.82, 2.24) is 4.90 Å². The van der Waals surface area contributed by atoms with Gasteiger partial charge in [-0.05, 0) is 14.1 Å². The average molecular weight is 251 g/mol. The summed E-state index contributed by atoms with van der Waals surface area (Å²) in [6, 6.07) is 0. The molecule has 102 valence electrons. The van der Waals surface area contributed by atoms with Gasteiger partial charge in [0.15, 0.2) is 6.29 Å². The van der Waals surface area contributed by atoms with Crippen LogP contribution in [0.4, 0.5) is 0 Å². The normalized spacial score (nSPS) is 38.6. The SMILES string of the molecule is CN(C)CCOC1C(O)C(O)OC(CO)C1O. The number of likely N-dealkylation sites (N-methyl/N-ethyl adjacent to an activating group) is 1. The molecule has 1 saturated heterocycles. The Labute approximate surface area is 100 Å². The second kappa shape index (κ2) is 6.60. The van der Waals surface area contributed by atoms with Crippen molar-refractivity contribution in [3.05, 3.63) is 0 Å². The number of hydrogen-bond acceptors (Lipinski definition) is 7. The van der Waals surface area contributed by atoms with E-state index in [0.717, 1.165) is 0 Å². The molecule has 0 aromatic carbocycles. The van der Waals surface area contributed by atoms with Gasteiger partial charge in [-0.3, -0.25) is 0 Å². The molecule has 1 fully saturated rings. The third kappa shape index (κ3) is 3.85. The van der Waals surface area contributed by atoms with Crippen LogP contribution in [0.5, 0.6) is 0 Å². The van der Waals surface area contributed by atoms with Crippen molar-refractivity contribution in [2.45, 2.75) is 30.7 Å². The lowest BCUT2D eigenvalue weighted by Gasteiger charge is -2.40. The van der Waals surface area contributed by atoms with E-state index in [-0.39, 0.29) is 0 Å². The molecule has 1 aliphatic heterocycles. The standard InChI is InChI=1S/C10H21NO6/c1-11(2)3-4-16-9-7(13)6(5-12)17-10(15)8(9)14/h6-10,12-15H,3-5H2,1-2H3. The minimum absolute atomic E-state index is 0.302. The molecular weight excluding hydrogens is 230 g/mol. The maximum Gasteiger partial charge on any atom is 0.184 e. The van der Waals surface area contributed by atoms with E-state index in [1.54, 1.807) is 0 Å². The summed E-state index contributed by atoms with van der Waals surface area (Å²) in [5, 5.41) is 37.8. The van der Waals surface area contributed by atoms with Gasteiger partial charge in [0.25, 0.3) is 0 Å². The molecule has 0 aliphatic carbocycles. The van der Waals surface area contributed by atoms with Crippen LogP contribution in [0.3, 0.4) is 0 Å². The maximum absolute atomic E-state index is 9.79. The number of rotatable bonds is 5. The summed E-state index contributed by atoms with van der Waals surface area (Å²) in [5.41, 5.74) is 0. The third-order valence-electron chi connectivity index (χ3n) is 2.69. The van der Waals surface area contributed by atoms with Crippen molar-refractivity contribution < 1.29 is 29.9 Å². The zero-order valence-corrected chi connectivity index (χ0v) is 10.1. The topological polar surface area (TPSA) is 103 Å². The molecule has 1 rings (SSSR count). The lowest BCUT2D eigenvalue weighted by molar-refractivity contribution is -0.294. The minimum atomic E-state index is -1.46. The van der Waals surface area contributed by atoms with Crippen LogP contribution in [0.2, 0.25) is 0 Å². The zero-order chi connectivity index (χ0) is 13.0. The summed E-state index contributed by atoms with van der Waals surface area (Å²) < 4.78 is 10.2. The molecule has 1 aliphatic rings. The summed E-state index contributed by atoms with van der Waals surface area (Å²) in [5.74, 6) is 0. The summed E-state index contributed by atoms with van der Waals surface area (Å²) in [4.78, 5) is 1.89. The summed E-state index contributed by atoms with van der Waals surface area (Å²) in [6.07, 6.45) is -5.86. The number of ether oxygens (including phenoxy) is 2. The smallest absolute Gasteiger partial charge is 0.184 e. The van der Waals surface area contributed by atoms with E-state index in [4.69, 9.17) is 14.6 Å². The van der Waals surface area contributed by atoms with Crippen LogP contribution in [-0.4, -0.2) is 89.9 Å². The van der Waals surface area contributed by atoms with Crippen LogP contribution in [0.1, 0.15) is 0 Å². The molecule has 5 unspecified atom stereocenters. The molecule has 0 aromatic rings. The van der Waals surface area contributed by atoms with Crippen LogP contribution in [-0.2, 0) is 9.47 Å². The van der Waals surface area contributed by atoms with Gasteiger partial charge >= 0.3 is 0 Å². The highest BCUT2D eigenvalue weighted by molar-refractivity contribution is 4.89. The van der Waals surface area contributed by atoms with Crippen LogP contribution in [0, 0.1) is 0 Å². The van der Waals surface area contributed by atoms with Gasteiger partial charge in [0.05, 0.1) is 13.2 Å². The Morgan fingerprint density at radius 2 is 1.82 bits per heavy atom. The first-order valence-electron chi connectivity index (χ1n) is 5.54. The summed E-state index contributed by atoms with van der Waals surface area (Å²) >= 11 is 0. The van der Waals surface area contributed by atoms with E-state index >= 15 is 0 Å². The number of aliphatic hydroxyl groups excluding tert-OH is 4. The van der Waals surface area contributed by atoms with Crippen LogP contribution in [0.15, 0.2) is 0 Å². The van der Waals surface area contributed by atoms with Gasteiger partial charge in [0.2, 0.25) is 0 Å². The predicted molar refractivity (Wildman–Crippen MR) is 58.3 cm³/mol. The highest BCUT2D eigenvalue weighted by atomic mass is 16.6. The van der Waals surface area contributed by atoms with Gasteiger partial charge in [0, 0.05) is 6.54 Å². The fourth-order valence-electron chi connectivity index (χ4n) is 1.64. The first kappa shape index (κ1) is 14.8. The second-order valence-corrected chi connectivity index (χ2v) is 4.37. The van der Waals surface area contributed by atoms with E-state index in [0.29, 0.717) is 13.2 Å². The highest BCUT2D eigenvalue weighted by Crippen LogP contribution is 2.22. The average Bonchev–Trinajstić information content (AvgIpc) is 2.27. The van der Waals surface area contributed by atoms with Gasteiger partial charge in [-0.2, -0.15) is 0 Å². The van der Waals surface area contributed by atoms with Crippen molar-refractivity contribution in [3.8, 4) is 0 Å². The fraction of sp³-hybridized carbons (Fsp3) is 1.00. The molecule has 7 nitrogen and oxygen atoms in total. The Balaban J connectivity index is 2.53. The summed E-state index contributed by atoms with van der Waals surface area (Å²) in [7, 11) is 3.73. The molecule has 0 spiro atoms. The number of hydrogen-bond donors (Lipinski definition) is 4. The van der Waals surface area contributed by atoms with Crippen LogP contribution >= 0.6 is 0 Å². The van der Waals surface area contributed by atoms with Gasteiger partial charge in [-0.15, -0.1) is 0 Å². The predicted octanol–water partition coefficient (Wildman–Crippen LogP) is -2.64. The van der Waals surface area contributed by atoms with Crippen LogP contribution < -0.4 is 0 Å². The first-order chi connectivity index (χ1) is 7.97. The molecule has 0 saturated carbocycles. The fourth-order valence-corrected chi connectivity index (χ4v) is 1.64. The Morgan fingerprint density at radius 3 is 2.35 bits per heavy atom. The Morgan fingerprint density at radius 1 is 1.18 bits per heavy atom. The molecule has 0 amide bonds. The molecular formula is C10H21NO6. The van der Waals surface area contributed by atoms with Crippen molar-refractivity contribution >= 4 is 0 Å². The lowest BCUT2D eigenvalue weighted by atomic mass is 9.99. The van der Waals surface area contributed by atoms with Crippen molar-refractivity contribution in [3.63, 3.8) is 0 Å². The molecule has 17 heavy (non-hydrogen) atoms. The van der Waals surface area contributed by atoms with Crippen LogP contribution in [0.25, 0.3) is 0 Å². The molecule has 7 heteroatoms. The minimum Gasteiger partial charge on any atom is -0.394 e. The Bertz CT molecular complexity index is 227. The van der Waals surface area contributed by atoms with Gasteiger partial charge in [-0.25, -0.2) is 0 Å². The van der Waals surface area contributed by atoms with Crippen molar-refractivity contribution in [2.75, 3.05) is 33.9 Å². The molecule has 0 aromatic heterocycles. The van der Waals surface area contributed by atoms with Gasteiger partial charge in [0.1, 0.15) is 24.4 Å². The van der Waals surface area contributed by atoms with Gasteiger partial charge < -0.3 is 34.8 Å². The summed E-state index contributed by atoms with van der Waals surface area (Å²) in [6.45, 7) is 0.478. The van der Waals surface area contributed by atoms with E-state index in [1.165, 1.54) is 0 Å². The molecule has 4 N–H and O–H groups in total. The number of nitrogens with zero attached hydrogens (tertiary/aromatic N) is 1. The molecule has 0 bridgehead atoms. The second-order valence-electron chi connectivity index (χ2n) is 4.37. The van der Waals surface area contributed by atoms with E-state index in [1.807, 2.05) is 19.0 Å². The highest BCUT2D eigenvalue weighted by Gasteiger charge is 2.44. The monoisotopic (exact) mass is 251 g/mol. The van der Waals surface area contributed by atoms with Gasteiger partial charge in [-0.1, -0.05) is 0 Å². The van der Waals surface area contributed by atoms with Crippen molar-refractivity contribution in [1.29, 1.82) is 0 Å². The van der Waals surface area contributed by atoms with E-state index < -0.39 is 37.3 Å². The number of aliphatic hydroxyl groups is 4. The van der Waals surface area contributed by atoms with E-state index in [9.17, 15) is 15.3 Å². The molecule has 1 heterocycles.